The maximum Gasteiger partial charge on any atom is 0.338 e. The van der Waals surface area contributed by atoms with Gasteiger partial charge in [-0.15, -0.1) is 0 Å². The van der Waals surface area contributed by atoms with E-state index in [4.69, 9.17) is 9.15 Å². The van der Waals surface area contributed by atoms with Crippen LogP contribution in [0.15, 0.2) is 65.3 Å². The molecule has 0 spiro atoms. The van der Waals surface area contributed by atoms with Crippen LogP contribution >= 0.6 is 0 Å². The average Bonchev–Trinajstić information content (AvgIpc) is 3.46. The Kier molecular flexibility index (Phi) is 5.84. The molecule has 2 aromatic carbocycles. The quantitative estimate of drug-likeness (QED) is 0.585. The maximum atomic E-state index is 12.4. The van der Waals surface area contributed by atoms with E-state index in [0.29, 0.717) is 11.4 Å². The number of anilines is 2. The van der Waals surface area contributed by atoms with E-state index in [-0.39, 0.29) is 11.3 Å². The minimum atomic E-state index is -0.959. The Morgan fingerprint density at radius 3 is 2.42 bits per heavy atom. The van der Waals surface area contributed by atoms with Crippen LogP contribution in [0.5, 0.6) is 0 Å². The normalized spacial score (nSPS) is 13.2. The second-order valence-electron chi connectivity index (χ2n) is 7.38. The van der Waals surface area contributed by atoms with E-state index in [1.54, 1.807) is 24.3 Å². The number of nitrogens with one attached hydrogen (secondary N) is 2. The first-order valence-electron chi connectivity index (χ1n) is 10.1. The van der Waals surface area contributed by atoms with Gasteiger partial charge in [0.1, 0.15) is 0 Å². The molecule has 158 valence electrons. The molecule has 0 aliphatic heterocycles. The van der Waals surface area contributed by atoms with Crippen molar-refractivity contribution in [1.29, 1.82) is 0 Å². The van der Waals surface area contributed by atoms with Gasteiger partial charge in [0.05, 0.1) is 11.8 Å². The molecule has 0 saturated carbocycles. The Hall–Kier alpha value is -3.87. The molecule has 0 radical (unpaired) electrons. The lowest BCUT2D eigenvalue weighted by atomic mass is 10.1. The number of esters is 1. The zero-order chi connectivity index (χ0) is 21.8. The highest BCUT2D eigenvalue weighted by Gasteiger charge is 2.20. The molecule has 0 unspecified atom stereocenters. The Bertz CT molecular complexity index is 1100. The summed E-state index contributed by atoms with van der Waals surface area (Å²) in [4.78, 5) is 36.8. The van der Waals surface area contributed by atoms with Gasteiger partial charge >= 0.3 is 5.97 Å². The Morgan fingerprint density at radius 1 is 0.935 bits per heavy atom. The van der Waals surface area contributed by atoms with E-state index in [1.165, 1.54) is 36.4 Å². The van der Waals surface area contributed by atoms with Crippen molar-refractivity contribution in [3.63, 3.8) is 0 Å². The number of benzene rings is 2. The largest absolute Gasteiger partial charge is 0.459 e. The average molecular weight is 418 g/mol. The first kappa shape index (κ1) is 20.4. The van der Waals surface area contributed by atoms with Gasteiger partial charge in [0.15, 0.2) is 11.9 Å². The predicted molar refractivity (Wildman–Crippen MR) is 115 cm³/mol. The third-order valence-electron chi connectivity index (χ3n) is 5.14. The number of carbonyl (C=O) groups is 3. The number of ether oxygens (including phenoxy) is 1. The van der Waals surface area contributed by atoms with Crippen LogP contribution in [0.1, 0.15) is 45.4 Å². The van der Waals surface area contributed by atoms with Crippen molar-refractivity contribution >= 4 is 29.2 Å². The molecule has 31 heavy (non-hydrogen) atoms. The fraction of sp³-hybridized carbons (Fsp3) is 0.208. The number of rotatable bonds is 6. The van der Waals surface area contributed by atoms with E-state index in [2.05, 4.69) is 10.6 Å². The third kappa shape index (κ3) is 4.83. The van der Waals surface area contributed by atoms with Crippen LogP contribution in [0.4, 0.5) is 11.4 Å². The summed E-state index contributed by atoms with van der Waals surface area (Å²) in [6.45, 7) is 1.53. The van der Waals surface area contributed by atoms with E-state index >= 15 is 0 Å². The van der Waals surface area contributed by atoms with Crippen molar-refractivity contribution in [3.8, 4) is 0 Å². The zero-order valence-electron chi connectivity index (χ0n) is 17.0. The molecule has 7 heteroatoms. The summed E-state index contributed by atoms with van der Waals surface area (Å²) in [5.74, 6) is -1.22. The van der Waals surface area contributed by atoms with Crippen molar-refractivity contribution in [3.05, 3.63) is 83.3 Å². The van der Waals surface area contributed by atoms with Crippen molar-refractivity contribution in [2.45, 2.75) is 32.3 Å². The molecule has 1 aliphatic carbocycles. The van der Waals surface area contributed by atoms with E-state index in [0.717, 1.165) is 19.3 Å². The molecule has 1 aromatic heterocycles. The second-order valence-corrected chi connectivity index (χ2v) is 7.38. The maximum absolute atomic E-state index is 12.4. The lowest BCUT2D eigenvalue weighted by Crippen LogP contribution is -2.30. The zero-order valence-corrected chi connectivity index (χ0v) is 17.0. The fourth-order valence-electron chi connectivity index (χ4n) is 3.47. The highest BCUT2D eigenvalue weighted by atomic mass is 16.5. The highest BCUT2D eigenvalue weighted by molar-refractivity contribution is 6.02. The lowest BCUT2D eigenvalue weighted by molar-refractivity contribution is -0.123. The predicted octanol–water partition coefficient (Wildman–Crippen LogP) is 4.20. The summed E-state index contributed by atoms with van der Waals surface area (Å²) < 4.78 is 10.3. The summed E-state index contributed by atoms with van der Waals surface area (Å²) in [7, 11) is 0. The van der Waals surface area contributed by atoms with Crippen LogP contribution < -0.4 is 10.6 Å². The first-order chi connectivity index (χ1) is 15.0. The molecule has 1 aliphatic rings. The Morgan fingerprint density at radius 2 is 1.68 bits per heavy atom. The van der Waals surface area contributed by atoms with Crippen molar-refractivity contribution in [1.82, 2.24) is 0 Å². The van der Waals surface area contributed by atoms with Crippen LogP contribution in [0, 0.1) is 0 Å². The number of hydrogen-bond donors (Lipinski definition) is 2. The number of fused-ring (bicyclic) bond motifs is 1. The van der Waals surface area contributed by atoms with Gasteiger partial charge in [-0.3, -0.25) is 9.59 Å². The van der Waals surface area contributed by atoms with E-state index < -0.39 is 23.9 Å². The van der Waals surface area contributed by atoms with Gasteiger partial charge in [0.25, 0.3) is 11.8 Å². The van der Waals surface area contributed by atoms with Crippen LogP contribution in [0.25, 0.3) is 0 Å². The molecule has 7 nitrogen and oxygen atoms in total. The number of amides is 2. The molecule has 2 N–H and O–H groups in total. The molecular formula is C24H22N2O5. The Balaban J connectivity index is 1.31. The smallest absolute Gasteiger partial charge is 0.338 e. The summed E-state index contributed by atoms with van der Waals surface area (Å²) in [6, 6.07) is 15.2. The molecule has 0 saturated heterocycles. The molecular weight excluding hydrogens is 396 g/mol. The summed E-state index contributed by atoms with van der Waals surface area (Å²) in [6.07, 6.45) is 3.67. The minimum absolute atomic E-state index is 0.187. The molecule has 0 fully saturated rings. The van der Waals surface area contributed by atoms with Crippen LogP contribution in [-0.4, -0.2) is 23.9 Å². The number of aryl methyl sites for hydroxylation is 2. The summed E-state index contributed by atoms with van der Waals surface area (Å²) in [5.41, 5.74) is 4.04. The standard InChI is InChI=1S/C24H22N2O5/c1-15(22(27)26-20-12-7-16-4-2-5-18(16)14-20)31-24(29)17-8-10-19(11-9-17)25-23(28)21-6-3-13-30-21/h3,6-15H,2,4-5H2,1H3,(H,25,28)(H,26,27)/t15-/m0/s1. The van der Waals surface area contributed by atoms with Crippen molar-refractivity contribution in [2.24, 2.45) is 0 Å². The first-order valence-corrected chi connectivity index (χ1v) is 10.1. The topological polar surface area (TPSA) is 97.6 Å². The summed E-state index contributed by atoms with van der Waals surface area (Å²) >= 11 is 0. The number of furan rings is 1. The highest BCUT2D eigenvalue weighted by Crippen LogP contribution is 2.25. The van der Waals surface area contributed by atoms with Crippen molar-refractivity contribution < 1.29 is 23.5 Å². The molecule has 1 atom stereocenters. The number of carbonyl (C=O) groups excluding carboxylic acids is 3. The minimum Gasteiger partial charge on any atom is -0.459 e. The van der Waals surface area contributed by atoms with Crippen LogP contribution in [0.3, 0.4) is 0 Å². The van der Waals surface area contributed by atoms with E-state index in [1.807, 2.05) is 18.2 Å². The molecule has 4 rings (SSSR count). The molecule has 0 bridgehead atoms. The van der Waals surface area contributed by atoms with Gasteiger partial charge < -0.3 is 19.8 Å². The van der Waals surface area contributed by atoms with Crippen LogP contribution in [0.2, 0.25) is 0 Å². The van der Waals surface area contributed by atoms with Gasteiger partial charge in [-0.2, -0.15) is 0 Å². The fourth-order valence-corrected chi connectivity index (χ4v) is 3.47. The third-order valence-corrected chi connectivity index (χ3v) is 5.14. The number of hydrogen-bond acceptors (Lipinski definition) is 5. The summed E-state index contributed by atoms with van der Waals surface area (Å²) in [5, 5.41) is 5.47. The molecule has 2 amide bonds. The van der Waals surface area contributed by atoms with Gasteiger partial charge in [-0.05, 0) is 85.8 Å². The Labute approximate surface area is 179 Å². The van der Waals surface area contributed by atoms with Crippen LogP contribution in [-0.2, 0) is 22.4 Å². The van der Waals surface area contributed by atoms with Gasteiger partial charge in [0.2, 0.25) is 0 Å². The van der Waals surface area contributed by atoms with Gasteiger partial charge in [0, 0.05) is 11.4 Å². The van der Waals surface area contributed by atoms with Gasteiger partial charge in [-0.1, -0.05) is 6.07 Å². The molecule has 3 aromatic rings. The SMILES string of the molecule is C[C@H](OC(=O)c1ccc(NC(=O)c2ccco2)cc1)C(=O)Nc1ccc2c(c1)CCC2. The monoisotopic (exact) mass is 418 g/mol. The second kappa shape index (κ2) is 8.87. The lowest BCUT2D eigenvalue weighted by Gasteiger charge is -2.14. The van der Waals surface area contributed by atoms with Crippen molar-refractivity contribution in [2.75, 3.05) is 10.6 Å². The van der Waals surface area contributed by atoms with Gasteiger partial charge in [-0.25, -0.2) is 4.79 Å². The molecule has 1 heterocycles. The van der Waals surface area contributed by atoms with E-state index in [9.17, 15) is 14.4 Å².